The number of nitrogens with one attached hydrogen (secondary N) is 1. The van der Waals surface area contributed by atoms with Gasteiger partial charge in [0, 0.05) is 0 Å². The van der Waals surface area contributed by atoms with Crippen LogP contribution in [0.2, 0.25) is 0 Å². The normalized spacial score (nSPS) is 30.4. The van der Waals surface area contributed by atoms with E-state index in [0.29, 0.717) is 0 Å². The Kier molecular flexibility index (Phi) is 2.75. The molecule has 2 aliphatic heterocycles. The first-order valence-electron chi connectivity index (χ1n) is 7.02. The fourth-order valence-electron chi connectivity index (χ4n) is 3.42. The molecular formula is C14H23N3O. The van der Waals surface area contributed by atoms with Crippen molar-refractivity contribution in [1.29, 1.82) is 0 Å². The van der Waals surface area contributed by atoms with Crippen LogP contribution in [0.1, 0.15) is 44.4 Å². The number of hydrogen-bond donors (Lipinski definition) is 1. The summed E-state index contributed by atoms with van der Waals surface area (Å²) in [6, 6.07) is 0. The summed E-state index contributed by atoms with van der Waals surface area (Å²) in [5.41, 5.74) is 2.39. The van der Waals surface area contributed by atoms with Gasteiger partial charge < -0.3 is 10.1 Å². The Morgan fingerprint density at radius 3 is 2.83 bits per heavy atom. The minimum Gasteiger partial charge on any atom is -0.361 e. The van der Waals surface area contributed by atoms with Crippen molar-refractivity contribution < 1.29 is 4.74 Å². The molecule has 1 atom stereocenters. The van der Waals surface area contributed by atoms with Gasteiger partial charge in [-0.15, -0.1) is 0 Å². The van der Waals surface area contributed by atoms with Crippen LogP contribution in [0.4, 0.5) is 0 Å². The van der Waals surface area contributed by atoms with Gasteiger partial charge in [-0.25, -0.2) is 0 Å². The van der Waals surface area contributed by atoms with Gasteiger partial charge in [-0.2, -0.15) is 5.10 Å². The van der Waals surface area contributed by atoms with E-state index in [1.807, 2.05) is 6.20 Å². The van der Waals surface area contributed by atoms with Crippen LogP contribution in [0.15, 0.2) is 6.20 Å². The lowest BCUT2D eigenvalue weighted by molar-refractivity contribution is -0.198. The highest BCUT2D eigenvalue weighted by molar-refractivity contribution is 5.26. The molecule has 1 N–H and O–H groups in total. The first kappa shape index (κ1) is 12.2. The Bertz CT molecular complexity index is 448. The van der Waals surface area contributed by atoms with E-state index in [9.17, 15) is 0 Å². The van der Waals surface area contributed by atoms with Crippen molar-refractivity contribution in [2.75, 3.05) is 13.1 Å². The molecule has 1 spiro atoms. The molecule has 0 bridgehead atoms. The SMILES string of the molecule is CCC1(C)Cn2ncc(C)c2C2(CCNCC2)O1. The lowest BCUT2D eigenvalue weighted by Crippen LogP contribution is -2.54. The van der Waals surface area contributed by atoms with E-state index < -0.39 is 0 Å². The number of piperidine rings is 1. The molecule has 100 valence electrons. The van der Waals surface area contributed by atoms with Crippen molar-refractivity contribution in [2.24, 2.45) is 0 Å². The smallest absolute Gasteiger partial charge is 0.113 e. The third-order valence-corrected chi connectivity index (χ3v) is 4.54. The first-order valence-corrected chi connectivity index (χ1v) is 7.02. The second kappa shape index (κ2) is 4.07. The Morgan fingerprint density at radius 2 is 2.17 bits per heavy atom. The van der Waals surface area contributed by atoms with E-state index in [4.69, 9.17) is 4.74 Å². The summed E-state index contributed by atoms with van der Waals surface area (Å²) < 4.78 is 8.80. The molecule has 0 amide bonds. The monoisotopic (exact) mass is 249 g/mol. The van der Waals surface area contributed by atoms with E-state index >= 15 is 0 Å². The van der Waals surface area contributed by atoms with Gasteiger partial charge in [-0.3, -0.25) is 4.68 Å². The van der Waals surface area contributed by atoms with Crippen LogP contribution in [0, 0.1) is 6.92 Å². The second-order valence-electron chi connectivity index (χ2n) is 5.98. The number of rotatable bonds is 1. The average molecular weight is 249 g/mol. The van der Waals surface area contributed by atoms with Crippen molar-refractivity contribution in [1.82, 2.24) is 15.1 Å². The standard InChI is InChI=1S/C14H23N3O/c1-4-13(3)10-17-12(11(2)9-16-17)14(18-13)5-7-15-8-6-14/h9,15H,4-8,10H2,1-3H3. The Balaban J connectivity index is 2.08. The largest absolute Gasteiger partial charge is 0.361 e. The van der Waals surface area contributed by atoms with Crippen LogP contribution in [0.3, 0.4) is 0 Å². The number of aromatic nitrogens is 2. The summed E-state index contributed by atoms with van der Waals surface area (Å²) in [6.07, 6.45) is 5.12. The van der Waals surface area contributed by atoms with Gasteiger partial charge in [0.15, 0.2) is 0 Å². The minimum atomic E-state index is -0.116. The molecule has 0 aliphatic carbocycles. The number of fused-ring (bicyclic) bond motifs is 2. The van der Waals surface area contributed by atoms with Gasteiger partial charge in [0.25, 0.3) is 0 Å². The van der Waals surface area contributed by atoms with Gasteiger partial charge >= 0.3 is 0 Å². The van der Waals surface area contributed by atoms with Crippen LogP contribution < -0.4 is 5.32 Å². The molecule has 4 heteroatoms. The van der Waals surface area contributed by atoms with E-state index in [2.05, 4.69) is 35.9 Å². The molecule has 3 heterocycles. The highest BCUT2D eigenvalue weighted by Crippen LogP contribution is 2.44. The van der Waals surface area contributed by atoms with Crippen LogP contribution in [-0.2, 0) is 16.9 Å². The van der Waals surface area contributed by atoms with Gasteiger partial charge in [-0.05, 0) is 51.8 Å². The maximum atomic E-state index is 6.62. The predicted octanol–water partition coefficient (Wildman–Crippen LogP) is 1.97. The van der Waals surface area contributed by atoms with Gasteiger partial charge in [0.2, 0.25) is 0 Å². The third-order valence-electron chi connectivity index (χ3n) is 4.54. The molecule has 1 aromatic rings. The van der Waals surface area contributed by atoms with Crippen molar-refractivity contribution in [2.45, 2.75) is 57.8 Å². The van der Waals surface area contributed by atoms with Crippen molar-refractivity contribution in [3.05, 3.63) is 17.5 Å². The van der Waals surface area contributed by atoms with E-state index in [1.165, 1.54) is 11.3 Å². The number of ether oxygens (including phenoxy) is 1. The van der Waals surface area contributed by atoms with Crippen molar-refractivity contribution >= 4 is 0 Å². The molecule has 1 saturated heterocycles. The molecule has 0 aromatic carbocycles. The highest BCUT2D eigenvalue weighted by atomic mass is 16.5. The third kappa shape index (κ3) is 1.70. The molecule has 1 fully saturated rings. The molecule has 1 unspecified atom stereocenters. The van der Waals surface area contributed by atoms with E-state index in [-0.39, 0.29) is 11.2 Å². The zero-order valence-corrected chi connectivity index (χ0v) is 11.6. The van der Waals surface area contributed by atoms with Gasteiger partial charge in [0.05, 0.1) is 24.0 Å². The van der Waals surface area contributed by atoms with Gasteiger partial charge in [-0.1, -0.05) is 6.92 Å². The first-order chi connectivity index (χ1) is 8.59. The fraction of sp³-hybridized carbons (Fsp3) is 0.786. The van der Waals surface area contributed by atoms with Crippen LogP contribution in [0.5, 0.6) is 0 Å². The van der Waals surface area contributed by atoms with Crippen molar-refractivity contribution in [3.63, 3.8) is 0 Å². The summed E-state index contributed by atoms with van der Waals surface area (Å²) in [5, 5.41) is 8.00. The van der Waals surface area contributed by atoms with Crippen molar-refractivity contribution in [3.8, 4) is 0 Å². The second-order valence-corrected chi connectivity index (χ2v) is 5.98. The summed E-state index contributed by atoms with van der Waals surface area (Å²) in [6.45, 7) is 9.52. The fourth-order valence-corrected chi connectivity index (χ4v) is 3.42. The maximum absolute atomic E-state index is 6.62. The molecule has 0 saturated carbocycles. The van der Waals surface area contributed by atoms with E-state index in [0.717, 1.165) is 38.9 Å². The molecular weight excluding hydrogens is 226 g/mol. The zero-order chi connectivity index (χ0) is 12.8. The minimum absolute atomic E-state index is 0.0806. The summed E-state index contributed by atoms with van der Waals surface area (Å²) in [5.74, 6) is 0. The Morgan fingerprint density at radius 1 is 1.44 bits per heavy atom. The highest BCUT2D eigenvalue weighted by Gasteiger charge is 2.48. The Labute approximate surface area is 109 Å². The van der Waals surface area contributed by atoms with Crippen LogP contribution in [0.25, 0.3) is 0 Å². The predicted molar refractivity (Wildman–Crippen MR) is 70.5 cm³/mol. The molecule has 1 aromatic heterocycles. The van der Waals surface area contributed by atoms with Crippen LogP contribution >= 0.6 is 0 Å². The average Bonchev–Trinajstić information content (AvgIpc) is 2.72. The lowest BCUT2D eigenvalue weighted by Gasteiger charge is -2.49. The number of nitrogens with zero attached hydrogens (tertiary/aromatic N) is 2. The molecule has 3 rings (SSSR count). The zero-order valence-electron chi connectivity index (χ0n) is 11.6. The summed E-state index contributed by atoms with van der Waals surface area (Å²) in [7, 11) is 0. The number of aryl methyl sites for hydroxylation is 1. The van der Waals surface area contributed by atoms with Crippen LogP contribution in [-0.4, -0.2) is 28.5 Å². The van der Waals surface area contributed by atoms with Gasteiger partial charge in [0.1, 0.15) is 5.60 Å². The Hall–Kier alpha value is -0.870. The maximum Gasteiger partial charge on any atom is 0.113 e. The summed E-state index contributed by atoms with van der Waals surface area (Å²) in [4.78, 5) is 0. The topological polar surface area (TPSA) is 39.1 Å². The molecule has 0 radical (unpaired) electrons. The number of hydrogen-bond acceptors (Lipinski definition) is 3. The molecule has 4 nitrogen and oxygen atoms in total. The lowest BCUT2D eigenvalue weighted by atomic mass is 9.83. The van der Waals surface area contributed by atoms with E-state index in [1.54, 1.807) is 0 Å². The summed E-state index contributed by atoms with van der Waals surface area (Å²) >= 11 is 0. The molecule has 2 aliphatic rings. The molecule has 18 heavy (non-hydrogen) atoms. The quantitative estimate of drug-likeness (QED) is 0.827.